The lowest BCUT2D eigenvalue weighted by atomic mass is 10.0. The van der Waals surface area contributed by atoms with Crippen LogP contribution in [-0.2, 0) is 23.7 Å². The van der Waals surface area contributed by atoms with Gasteiger partial charge in [0.05, 0.1) is 29.9 Å². The molecular formula is C29H26O8. The predicted molar refractivity (Wildman–Crippen MR) is 133 cm³/mol. The van der Waals surface area contributed by atoms with Gasteiger partial charge >= 0.3 is 17.9 Å². The Morgan fingerprint density at radius 3 is 1.59 bits per heavy atom. The zero-order valence-electron chi connectivity index (χ0n) is 19.9. The first-order valence-electron chi connectivity index (χ1n) is 11.7. The van der Waals surface area contributed by atoms with E-state index in [1.165, 1.54) is 6.08 Å². The van der Waals surface area contributed by atoms with Crippen LogP contribution in [0.25, 0.3) is 0 Å². The van der Waals surface area contributed by atoms with Gasteiger partial charge in [-0.25, -0.2) is 14.4 Å². The molecule has 0 spiro atoms. The summed E-state index contributed by atoms with van der Waals surface area (Å²) in [6.07, 6.45) is -3.16. The summed E-state index contributed by atoms with van der Waals surface area (Å²) in [4.78, 5) is 38.9. The van der Waals surface area contributed by atoms with Crippen LogP contribution in [0.3, 0.4) is 0 Å². The maximum Gasteiger partial charge on any atom is 0.338 e. The van der Waals surface area contributed by atoms with E-state index in [1.54, 1.807) is 91.0 Å². The number of hydrogen-bond acceptors (Lipinski definition) is 8. The van der Waals surface area contributed by atoms with Crippen LogP contribution in [0, 0.1) is 0 Å². The minimum Gasteiger partial charge on any atom is -0.452 e. The second-order valence-electron chi connectivity index (χ2n) is 8.11. The number of carbonyl (C=O) groups excluding carboxylic acids is 3. The van der Waals surface area contributed by atoms with Crippen LogP contribution < -0.4 is 0 Å². The van der Waals surface area contributed by atoms with Crippen molar-refractivity contribution in [1.29, 1.82) is 0 Å². The zero-order chi connectivity index (χ0) is 26.0. The minimum atomic E-state index is -1.25. The monoisotopic (exact) mass is 502 g/mol. The van der Waals surface area contributed by atoms with E-state index in [9.17, 15) is 14.4 Å². The second-order valence-corrected chi connectivity index (χ2v) is 8.11. The first-order chi connectivity index (χ1) is 18.1. The van der Waals surface area contributed by atoms with Gasteiger partial charge in [0.2, 0.25) is 0 Å². The Hall–Kier alpha value is -4.27. The van der Waals surface area contributed by atoms with Gasteiger partial charge in [0.15, 0.2) is 24.6 Å². The van der Waals surface area contributed by atoms with Crippen LogP contribution in [0.4, 0.5) is 0 Å². The summed E-state index contributed by atoms with van der Waals surface area (Å²) in [5.41, 5.74) is 0.860. The summed E-state index contributed by atoms with van der Waals surface area (Å²) in [7, 11) is 0. The van der Waals surface area contributed by atoms with Gasteiger partial charge in [-0.15, -0.1) is 6.58 Å². The molecule has 0 aliphatic carbocycles. The van der Waals surface area contributed by atoms with Crippen LogP contribution in [0.2, 0.25) is 0 Å². The molecule has 0 unspecified atom stereocenters. The van der Waals surface area contributed by atoms with Crippen molar-refractivity contribution in [3.8, 4) is 0 Å². The molecule has 0 bridgehead atoms. The van der Waals surface area contributed by atoms with Crippen molar-refractivity contribution < 1.29 is 38.1 Å². The molecule has 0 N–H and O–H groups in total. The molecule has 4 atom stereocenters. The molecule has 1 fully saturated rings. The van der Waals surface area contributed by atoms with Gasteiger partial charge in [-0.05, 0) is 36.4 Å². The topological polar surface area (TPSA) is 97.4 Å². The van der Waals surface area contributed by atoms with Crippen LogP contribution >= 0.6 is 0 Å². The third-order valence-corrected chi connectivity index (χ3v) is 5.53. The molecule has 0 radical (unpaired) electrons. The Kier molecular flexibility index (Phi) is 8.80. The molecule has 1 aliphatic rings. The van der Waals surface area contributed by atoms with E-state index in [1.807, 2.05) is 0 Å². The highest BCUT2D eigenvalue weighted by Gasteiger charge is 2.48. The highest BCUT2D eigenvalue weighted by molar-refractivity contribution is 5.91. The zero-order valence-corrected chi connectivity index (χ0v) is 19.9. The summed E-state index contributed by atoms with van der Waals surface area (Å²) < 4.78 is 28.7. The Balaban J connectivity index is 1.64. The fourth-order valence-electron chi connectivity index (χ4n) is 3.73. The van der Waals surface area contributed by atoms with Crippen molar-refractivity contribution >= 4 is 17.9 Å². The molecule has 190 valence electrons. The highest BCUT2D eigenvalue weighted by Crippen LogP contribution is 2.27. The molecule has 4 rings (SSSR count). The highest BCUT2D eigenvalue weighted by atomic mass is 16.7. The lowest BCUT2D eigenvalue weighted by molar-refractivity contribution is -0.265. The van der Waals surface area contributed by atoms with E-state index >= 15 is 0 Å². The first-order valence-corrected chi connectivity index (χ1v) is 11.7. The summed E-state index contributed by atoms with van der Waals surface area (Å²) >= 11 is 0. The van der Waals surface area contributed by atoms with E-state index < -0.39 is 42.5 Å². The van der Waals surface area contributed by atoms with Gasteiger partial charge in [0.25, 0.3) is 0 Å². The fraction of sp³-hybridized carbons (Fsp3) is 0.207. The fourth-order valence-corrected chi connectivity index (χ4v) is 3.73. The number of hydrogen-bond donors (Lipinski definition) is 0. The van der Waals surface area contributed by atoms with Gasteiger partial charge < -0.3 is 23.7 Å². The Morgan fingerprint density at radius 1 is 0.703 bits per heavy atom. The van der Waals surface area contributed by atoms with Gasteiger partial charge in [0, 0.05) is 0 Å². The molecule has 1 aliphatic heterocycles. The first kappa shape index (κ1) is 25.8. The number of carbonyl (C=O) groups is 3. The Morgan fingerprint density at radius 2 is 1.14 bits per heavy atom. The maximum atomic E-state index is 13.0. The van der Waals surface area contributed by atoms with Gasteiger partial charge in [-0.1, -0.05) is 60.7 Å². The molecule has 3 aromatic rings. The smallest absolute Gasteiger partial charge is 0.338 e. The SMILES string of the molecule is C=CCO[C@H]1OC[C@@H](OC(=O)c2ccccc2)[C@H](OC(=O)c2ccccc2)[C@H]1OC(=O)c1ccccc1. The average molecular weight is 503 g/mol. The van der Waals surface area contributed by atoms with Crippen molar-refractivity contribution in [2.75, 3.05) is 13.2 Å². The van der Waals surface area contributed by atoms with E-state index in [0.29, 0.717) is 5.56 Å². The summed E-state index contributed by atoms with van der Waals surface area (Å²) in [6.45, 7) is 3.55. The van der Waals surface area contributed by atoms with Crippen molar-refractivity contribution in [2.45, 2.75) is 24.6 Å². The normalized spacial score (nSPS) is 20.9. The molecule has 8 heteroatoms. The van der Waals surface area contributed by atoms with Gasteiger partial charge in [0.1, 0.15) is 0 Å². The molecule has 0 saturated carbocycles. The van der Waals surface area contributed by atoms with Gasteiger partial charge in [-0.2, -0.15) is 0 Å². The molecule has 1 heterocycles. The van der Waals surface area contributed by atoms with Crippen LogP contribution in [-0.4, -0.2) is 55.7 Å². The largest absolute Gasteiger partial charge is 0.452 e. The number of benzene rings is 3. The molecule has 8 nitrogen and oxygen atoms in total. The van der Waals surface area contributed by atoms with Crippen LogP contribution in [0.1, 0.15) is 31.1 Å². The number of esters is 3. The summed E-state index contributed by atoms with van der Waals surface area (Å²) in [5.74, 6) is -2.01. The van der Waals surface area contributed by atoms with E-state index in [0.717, 1.165) is 0 Å². The Bertz CT molecular complexity index is 1200. The van der Waals surface area contributed by atoms with Gasteiger partial charge in [-0.3, -0.25) is 0 Å². The quantitative estimate of drug-likeness (QED) is 0.244. The van der Waals surface area contributed by atoms with Crippen molar-refractivity contribution in [3.05, 3.63) is 120 Å². The lowest BCUT2D eigenvalue weighted by Crippen LogP contribution is -2.58. The molecule has 3 aromatic carbocycles. The molecular weight excluding hydrogens is 476 g/mol. The van der Waals surface area contributed by atoms with E-state index in [-0.39, 0.29) is 24.3 Å². The average Bonchev–Trinajstić information content (AvgIpc) is 2.95. The molecule has 0 aromatic heterocycles. The second kappa shape index (κ2) is 12.6. The molecule has 0 amide bonds. The van der Waals surface area contributed by atoms with Crippen molar-refractivity contribution in [3.63, 3.8) is 0 Å². The van der Waals surface area contributed by atoms with Crippen LogP contribution in [0.15, 0.2) is 104 Å². The van der Waals surface area contributed by atoms with Crippen molar-refractivity contribution in [1.82, 2.24) is 0 Å². The van der Waals surface area contributed by atoms with E-state index in [4.69, 9.17) is 23.7 Å². The third kappa shape index (κ3) is 6.69. The molecule has 1 saturated heterocycles. The third-order valence-electron chi connectivity index (χ3n) is 5.53. The van der Waals surface area contributed by atoms with Crippen molar-refractivity contribution in [2.24, 2.45) is 0 Å². The number of rotatable bonds is 9. The lowest BCUT2D eigenvalue weighted by Gasteiger charge is -2.40. The van der Waals surface area contributed by atoms with E-state index in [2.05, 4.69) is 6.58 Å². The maximum absolute atomic E-state index is 13.0. The number of ether oxygens (including phenoxy) is 5. The van der Waals surface area contributed by atoms with Crippen LogP contribution in [0.5, 0.6) is 0 Å². The Labute approximate surface area is 214 Å². The minimum absolute atomic E-state index is 0.0812. The predicted octanol–water partition coefficient (Wildman–Crippen LogP) is 4.22. The summed E-state index contributed by atoms with van der Waals surface area (Å²) in [5, 5.41) is 0. The molecule has 37 heavy (non-hydrogen) atoms. The summed E-state index contributed by atoms with van der Waals surface area (Å²) in [6, 6.07) is 25.0. The standard InChI is InChI=1S/C29H26O8/c1-2-18-33-29-25(37-28(32)22-16-10-5-11-17-22)24(36-27(31)21-14-8-4-9-15-21)23(19-34-29)35-26(30)20-12-6-3-7-13-20/h2-17,23-25,29H,1,18-19H2/t23-,24+,25-,29+/m1/s1.